The van der Waals surface area contributed by atoms with Crippen LogP contribution in [0.2, 0.25) is 0 Å². The maximum absolute atomic E-state index is 4.85. The summed E-state index contributed by atoms with van der Waals surface area (Å²) in [6.07, 6.45) is 0. The van der Waals surface area contributed by atoms with Crippen molar-refractivity contribution in [3.8, 4) is 0 Å². The monoisotopic (exact) mass is 290 g/mol. The van der Waals surface area contributed by atoms with Crippen LogP contribution in [0.5, 0.6) is 0 Å². The Kier molecular flexibility index (Phi) is 2.59. The van der Waals surface area contributed by atoms with Crippen LogP contribution in [0, 0.1) is 34.6 Å². The van der Waals surface area contributed by atoms with E-state index < -0.39 is 0 Å². The van der Waals surface area contributed by atoms with Gasteiger partial charge in [-0.15, -0.1) is 0 Å². The first-order valence-corrected chi connectivity index (χ1v) is 7.68. The van der Waals surface area contributed by atoms with Crippen LogP contribution in [-0.4, -0.2) is 10.1 Å². The average Bonchev–Trinajstić information content (AvgIpc) is 2.79. The summed E-state index contributed by atoms with van der Waals surface area (Å²) in [6, 6.07) is 8.89. The van der Waals surface area contributed by atoms with E-state index in [1.54, 1.807) is 0 Å². The predicted octanol–water partition coefficient (Wildman–Crippen LogP) is 4.00. The Hall–Kier alpha value is -2.42. The number of nitrogens with zero attached hydrogens (tertiary/aromatic N) is 2. The molecule has 4 aromatic rings. The number of rotatable bonds is 0. The van der Waals surface area contributed by atoms with Crippen LogP contribution >= 0.6 is 0 Å². The van der Waals surface area contributed by atoms with Gasteiger partial charge in [0.1, 0.15) is 0 Å². The highest BCUT2D eigenvalue weighted by Crippen LogP contribution is 2.30. The maximum atomic E-state index is 4.85. The summed E-state index contributed by atoms with van der Waals surface area (Å²) in [5.74, 6) is 0. The third-order valence-electron chi connectivity index (χ3n) is 4.80. The van der Waals surface area contributed by atoms with Gasteiger partial charge in [-0.2, -0.15) is 5.10 Å². The number of aryl methyl sites for hydroxylation is 5. The molecule has 0 atom stereocenters. The van der Waals surface area contributed by atoms with Gasteiger partial charge in [-0.1, -0.05) is 4.52 Å². The number of nitrogens with one attached hydrogen (secondary N) is 1. The SMILES string of the molecule is Cc1cc2nc3cc(C)[n+]4[nH]c(C)c(C)cc4c3c2cc1C. The number of hydrogen-bond acceptors (Lipinski definition) is 1. The van der Waals surface area contributed by atoms with Crippen molar-refractivity contribution >= 4 is 27.3 Å². The van der Waals surface area contributed by atoms with Crippen LogP contribution < -0.4 is 4.52 Å². The first-order chi connectivity index (χ1) is 10.5. The van der Waals surface area contributed by atoms with Gasteiger partial charge in [-0.25, -0.2) is 4.98 Å². The lowest BCUT2D eigenvalue weighted by Crippen LogP contribution is -2.31. The molecule has 3 aromatic heterocycles. The molecule has 3 nitrogen and oxygen atoms in total. The third-order valence-corrected chi connectivity index (χ3v) is 4.80. The summed E-state index contributed by atoms with van der Waals surface area (Å²) in [5.41, 5.74) is 9.60. The second-order valence-corrected chi connectivity index (χ2v) is 6.40. The van der Waals surface area contributed by atoms with Gasteiger partial charge in [-0.05, 0) is 56.5 Å². The molecule has 0 aliphatic heterocycles. The van der Waals surface area contributed by atoms with Crippen molar-refractivity contribution in [1.29, 1.82) is 0 Å². The maximum Gasteiger partial charge on any atom is 0.246 e. The quantitative estimate of drug-likeness (QED) is 0.488. The molecule has 0 radical (unpaired) electrons. The fourth-order valence-corrected chi connectivity index (χ4v) is 3.21. The lowest BCUT2D eigenvalue weighted by molar-refractivity contribution is -0.587. The molecule has 1 N–H and O–H groups in total. The zero-order chi connectivity index (χ0) is 15.6. The van der Waals surface area contributed by atoms with Crippen molar-refractivity contribution in [1.82, 2.24) is 10.1 Å². The topological polar surface area (TPSA) is 32.8 Å². The Morgan fingerprint density at radius 2 is 1.55 bits per heavy atom. The molecule has 0 unspecified atom stereocenters. The number of hydrogen-bond donors (Lipinski definition) is 1. The largest absolute Gasteiger partial charge is 0.247 e. The molecule has 0 fully saturated rings. The molecule has 3 heterocycles. The number of pyridine rings is 1. The number of fused-ring (bicyclic) bond motifs is 5. The zero-order valence-electron chi connectivity index (χ0n) is 13.7. The summed E-state index contributed by atoms with van der Waals surface area (Å²) < 4.78 is 2.17. The Morgan fingerprint density at radius 3 is 2.32 bits per heavy atom. The van der Waals surface area contributed by atoms with E-state index in [9.17, 15) is 0 Å². The number of aromatic nitrogens is 3. The lowest BCUT2D eigenvalue weighted by Gasteiger charge is -2.03. The van der Waals surface area contributed by atoms with Gasteiger partial charge in [0.05, 0.1) is 22.1 Å². The van der Waals surface area contributed by atoms with Gasteiger partial charge in [0, 0.05) is 24.4 Å². The Labute approximate surface area is 129 Å². The first-order valence-electron chi connectivity index (χ1n) is 7.68. The van der Waals surface area contributed by atoms with Gasteiger partial charge in [0.2, 0.25) is 11.2 Å². The fourth-order valence-electron chi connectivity index (χ4n) is 3.21. The highest BCUT2D eigenvalue weighted by atomic mass is 15.2. The number of benzene rings is 1. The van der Waals surface area contributed by atoms with Gasteiger partial charge in [-0.3, -0.25) is 0 Å². The summed E-state index contributed by atoms with van der Waals surface area (Å²) in [4.78, 5) is 4.85. The first kappa shape index (κ1) is 13.3. The molecule has 0 saturated carbocycles. The predicted molar refractivity (Wildman–Crippen MR) is 90.4 cm³/mol. The lowest BCUT2D eigenvalue weighted by atomic mass is 10.0. The molecule has 4 rings (SSSR count). The van der Waals surface area contributed by atoms with Crippen molar-refractivity contribution in [2.45, 2.75) is 34.6 Å². The molecule has 0 saturated heterocycles. The molecular formula is C19H20N3+. The molecule has 3 heteroatoms. The number of H-pyrrole nitrogens is 1. The molecule has 22 heavy (non-hydrogen) atoms. The second-order valence-electron chi connectivity index (χ2n) is 6.40. The van der Waals surface area contributed by atoms with E-state index in [0.717, 1.165) is 11.0 Å². The zero-order valence-corrected chi connectivity index (χ0v) is 13.7. The van der Waals surface area contributed by atoms with E-state index in [-0.39, 0.29) is 0 Å². The molecule has 0 amide bonds. The van der Waals surface area contributed by atoms with Crippen LogP contribution in [-0.2, 0) is 0 Å². The van der Waals surface area contributed by atoms with Crippen molar-refractivity contribution in [2.75, 3.05) is 0 Å². The van der Waals surface area contributed by atoms with E-state index in [2.05, 4.69) is 68.5 Å². The summed E-state index contributed by atoms with van der Waals surface area (Å²) >= 11 is 0. The normalized spacial score (nSPS) is 11.9. The van der Waals surface area contributed by atoms with Crippen LogP contribution in [0.4, 0.5) is 0 Å². The van der Waals surface area contributed by atoms with E-state index in [1.807, 2.05) is 0 Å². The van der Waals surface area contributed by atoms with Crippen molar-refractivity contribution in [3.63, 3.8) is 0 Å². The molecule has 110 valence electrons. The van der Waals surface area contributed by atoms with Gasteiger partial charge in [0.25, 0.3) is 0 Å². The van der Waals surface area contributed by atoms with E-state index >= 15 is 0 Å². The Morgan fingerprint density at radius 1 is 0.818 bits per heavy atom. The molecule has 1 aromatic carbocycles. The van der Waals surface area contributed by atoms with Crippen molar-refractivity contribution in [2.24, 2.45) is 0 Å². The summed E-state index contributed by atoms with van der Waals surface area (Å²) in [6.45, 7) is 10.7. The molecule has 0 bridgehead atoms. The third kappa shape index (κ3) is 1.68. The van der Waals surface area contributed by atoms with E-state index in [1.165, 1.54) is 44.4 Å². The standard InChI is InChI=1S/C19H19N3/c1-10-6-15-16(7-11(10)2)20-17-9-13(4)22-18(19(15)17)8-12(3)14(5)21-22/h6-9H,1-5H3/p+1. The van der Waals surface area contributed by atoms with E-state index in [4.69, 9.17) is 4.98 Å². The Bertz CT molecular complexity index is 1070. The van der Waals surface area contributed by atoms with Crippen LogP contribution in [0.1, 0.15) is 28.1 Å². The summed E-state index contributed by atoms with van der Waals surface area (Å²) in [7, 11) is 0. The average molecular weight is 290 g/mol. The highest BCUT2D eigenvalue weighted by molar-refractivity contribution is 6.13. The fraction of sp³-hybridized carbons (Fsp3) is 0.263. The molecule has 0 aliphatic rings. The molecule has 0 spiro atoms. The van der Waals surface area contributed by atoms with Crippen molar-refractivity contribution < 1.29 is 4.52 Å². The minimum Gasteiger partial charge on any atom is -0.247 e. The number of aromatic amines is 1. The van der Waals surface area contributed by atoms with Crippen LogP contribution in [0.25, 0.3) is 27.3 Å². The van der Waals surface area contributed by atoms with Crippen LogP contribution in [0.3, 0.4) is 0 Å². The minimum atomic E-state index is 1.08. The minimum absolute atomic E-state index is 1.08. The van der Waals surface area contributed by atoms with E-state index in [0.29, 0.717) is 0 Å². The molecule has 0 aliphatic carbocycles. The van der Waals surface area contributed by atoms with Crippen molar-refractivity contribution in [3.05, 3.63) is 52.3 Å². The Balaban J connectivity index is 2.31. The van der Waals surface area contributed by atoms with Gasteiger partial charge < -0.3 is 0 Å². The van der Waals surface area contributed by atoms with Gasteiger partial charge >= 0.3 is 0 Å². The van der Waals surface area contributed by atoms with Crippen LogP contribution in [0.15, 0.2) is 24.3 Å². The highest BCUT2D eigenvalue weighted by Gasteiger charge is 2.19. The second kappa shape index (κ2) is 4.29. The summed E-state index contributed by atoms with van der Waals surface area (Å²) in [5, 5.41) is 5.97. The molecular weight excluding hydrogens is 270 g/mol. The van der Waals surface area contributed by atoms with Gasteiger partial charge in [0.15, 0.2) is 0 Å². The smallest absolute Gasteiger partial charge is 0.246 e.